The summed E-state index contributed by atoms with van der Waals surface area (Å²) in [5.41, 5.74) is 3.62. The number of carbonyl (C=O) groups excluding carboxylic acids is 4. The van der Waals surface area contributed by atoms with Crippen LogP contribution >= 0.6 is 99.9 Å². The lowest BCUT2D eigenvalue weighted by Gasteiger charge is -2.32. The van der Waals surface area contributed by atoms with Crippen molar-refractivity contribution >= 4 is 137 Å². The molecule has 6 aromatic heterocycles. The van der Waals surface area contributed by atoms with E-state index in [1.807, 2.05) is 46.1 Å². The number of carbonyl (C=O) groups is 4. The third kappa shape index (κ3) is 19.5. The van der Waals surface area contributed by atoms with Gasteiger partial charge in [0.2, 0.25) is 0 Å². The van der Waals surface area contributed by atoms with Crippen LogP contribution in [0, 0.1) is 0 Å². The number of esters is 2. The van der Waals surface area contributed by atoms with E-state index < -0.39 is 5.97 Å². The number of hydrogen-bond acceptors (Lipinski definition) is 16. The predicted molar refractivity (Wildman–Crippen MR) is 373 cm³/mol. The Kier molecular flexibility index (Phi) is 27.8. The number of benzene rings is 2. The molecule has 0 radical (unpaired) electrons. The lowest BCUT2D eigenvalue weighted by atomic mass is 9.88. The van der Waals surface area contributed by atoms with Gasteiger partial charge in [-0.1, -0.05) is 101 Å². The van der Waals surface area contributed by atoms with Crippen molar-refractivity contribution in [2.45, 2.75) is 169 Å². The standard InChI is InChI=1S/C38H42O4S4.C20H29BO2S2.C10H8Br2O4/c1-4-6-8-10-12-27-14-16-34(43-27)36-20-18-32(45-36)29-23-31(38(40)41-3)30(22-26(29)24-42-25-39)33-19-21-37(46-33)35-17-15-28(44-35)13-11-9-7-5-2;1-6-7-8-9-10-15-11-12-16(24-15)17-13-14-18(25-17)21-22-19(2,3)20(4,5)23-21;1-15-10(14)7-3-8(11)6(2-9(7)12)4-16-5-13/h14-23,25H,4-13,24H2,1-3H3;11-14H,6-10H2,1-5H3;2-3,5H,4H2,1H3. The van der Waals surface area contributed by atoms with E-state index in [-0.39, 0.29) is 37.5 Å². The number of rotatable bonds is 29. The summed E-state index contributed by atoms with van der Waals surface area (Å²) in [5, 5.41) is 0. The maximum absolute atomic E-state index is 13.2. The van der Waals surface area contributed by atoms with Crippen LogP contribution in [0.4, 0.5) is 0 Å². The van der Waals surface area contributed by atoms with Gasteiger partial charge in [0.15, 0.2) is 0 Å². The van der Waals surface area contributed by atoms with Gasteiger partial charge >= 0.3 is 19.1 Å². The predicted octanol–water partition coefficient (Wildman–Crippen LogP) is 20.9. The molecule has 0 saturated carbocycles. The molecule has 9 rings (SSSR count). The van der Waals surface area contributed by atoms with E-state index >= 15 is 0 Å². The van der Waals surface area contributed by atoms with E-state index in [0.717, 1.165) is 49.6 Å². The van der Waals surface area contributed by atoms with Crippen LogP contribution < -0.4 is 4.78 Å². The van der Waals surface area contributed by atoms with Gasteiger partial charge in [0.1, 0.15) is 13.2 Å². The number of ether oxygens (including phenoxy) is 4. The molecule has 7 heterocycles. The Bertz CT molecular complexity index is 3480. The number of hydrogen-bond donors (Lipinski definition) is 0. The van der Waals surface area contributed by atoms with Crippen molar-refractivity contribution in [3.63, 3.8) is 0 Å². The van der Waals surface area contributed by atoms with Crippen molar-refractivity contribution in [1.29, 1.82) is 0 Å². The molecule has 10 nitrogen and oxygen atoms in total. The molecule has 1 fully saturated rings. The molecule has 8 aromatic rings. The zero-order valence-corrected chi connectivity index (χ0v) is 59.3. The Labute approximate surface area is 555 Å². The molecule has 19 heteroatoms. The van der Waals surface area contributed by atoms with Crippen molar-refractivity contribution in [2.75, 3.05) is 14.2 Å². The summed E-state index contributed by atoms with van der Waals surface area (Å²) in [6.45, 7) is 16.3. The van der Waals surface area contributed by atoms with E-state index in [2.05, 4.69) is 163 Å². The monoisotopic (exact) mass is 1420 g/mol. The smallest absolute Gasteiger partial charge is 0.465 e. The molecule has 0 spiro atoms. The Morgan fingerprint density at radius 1 is 0.460 bits per heavy atom. The largest absolute Gasteiger partial charge is 0.505 e. The first kappa shape index (κ1) is 69.9. The van der Waals surface area contributed by atoms with Gasteiger partial charge in [-0.3, -0.25) is 9.59 Å². The Morgan fingerprint density at radius 3 is 1.32 bits per heavy atom. The van der Waals surface area contributed by atoms with Gasteiger partial charge in [-0.15, -0.1) is 68.0 Å². The average molecular weight is 1420 g/mol. The third-order valence-corrected chi connectivity index (χ3v) is 24.0. The number of aryl methyl sites for hydroxylation is 3. The van der Waals surface area contributed by atoms with Gasteiger partial charge in [0, 0.05) is 78.5 Å². The van der Waals surface area contributed by atoms with Crippen LogP contribution in [0.3, 0.4) is 0 Å². The van der Waals surface area contributed by atoms with Crippen LogP contribution in [0.25, 0.3) is 50.1 Å². The van der Waals surface area contributed by atoms with E-state index in [4.69, 9.17) is 18.8 Å². The third-order valence-electron chi connectivity index (χ3n) is 15.2. The first-order valence-electron chi connectivity index (χ1n) is 29.8. The van der Waals surface area contributed by atoms with Crippen LogP contribution in [-0.2, 0) is 70.3 Å². The minimum Gasteiger partial charge on any atom is -0.465 e. The lowest BCUT2D eigenvalue weighted by molar-refractivity contribution is -0.130. The summed E-state index contributed by atoms with van der Waals surface area (Å²) in [6.07, 6.45) is 18.8. The summed E-state index contributed by atoms with van der Waals surface area (Å²) in [5.74, 6) is -0.822. The van der Waals surface area contributed by atoms with Gasteiger partial charge in [-0.2, -0.15) is 0 Å². The van der Waals surface area contributed by atoms with Gasteiger partial charge in [0.05, 0.1) is 36.5 Å². The fourth-order valence-electron chi connectivity index (χ4n) is 9.60. The normalized spacial score (nSPS) is 13.1. The first-order valence-corrected chi connectivity index (χ1v) is 36.3. The molecular weight excluding hydrogens is 1340 g/mol. The molecule has 0 amide bonds. The van der Waals surface area contributed by atoms with E-state index in [1.165, 1.54) is 142 Å². The lowest BCUT2D eigenvalue weighted by Crippen LogP contribution is -2.41. The number of halogens is 2. The highest BCUT2D eigenvalue weighted by molar-refractivity contribution is 9.11. The van der Waals surface area contributed by atoms with Crippen molar-refractivity contribution in [1.82, 2.24) is 0 Å². The van der Waals surface area contributed by atoms with Gasteiger partial charge in [0.25, 0.3) is 12.9 Å². The summed E-state index contributed by atoms with van der Waals surface area (Å²) < 4.78 is 34.6. The van der Waals surface area contributed by atoms with Gasteiger partial charge in [-0.25, -0.2) is 9.59 Å². The minimum atomic E-state index is -0.435. The van der Waals surface area contributed by atoms with Crippen LogP contribution in [-0.4, -0.2) is 57.4 Å². The zero-order valence-electron chi connectivity index (χ0n) is 51.3. The molecule has 1 saturated heterocycles. The van der Waals surface area contributed by atoms with E-state index in [9.17, 15) is 19.2 Å². The molecule has 0 aliphatic carbocycles. The molecule has 2 aromatic carbocycles. The Morgan fingerprint density at radius 2 is 0.862 bits per heavy atom. The van der Waals surface area contributed by atoms with E-state index in [0.29, 0.717) is 33.0 Å². The summed E-state index contributed by atoms with van der Waals surface area (Å²) >= 11 is 17.3. The second kappa shape index (κ2) is 34.6. The molecule has 0 bridgehead atoms. The van der Waals surface area contributed by atoms with Crippen LogP contribution in [0.2, 0.25) is 0 Å². The summed E-state index contributed by atoms with van der Waals surface area (Å²) in [4.78, 5) is 59.8. The number of unbranched alkanes of at least 4 members (excludes halogenated alkanes) is 9. The zero-order chi connectivity index (χ0) is 62.5. The van der Waals surface area contributed by atoms with Gasteiger partial charge in [-0.05, 0) is 184 Å². The second-order valence-corrected chi connectivity index (χ2v) is 30.6. The minimum absolute atomic E-state index is 0.117. The molecule has 464 valence electrons. The molecule has 1 aliphatic heterocycles. The second-order valence-electron chi connectivity index (χ2n) is 22.1. The Hall–Kier alpha value is -4.54. The van der Waals surface area contributed by atoms with Crippen LogP contribution in [0.5, 0.6) is 0 Å². The number of methoxy groups -OCH3 is 2. The van der Waals surface area contributed by atoms with Crippen molar-refractivity contribution in [3.05, 3.63) is 143 Å². The maximum Gasteiger partial charge on any atom is 0.505 e. The van der Waals surface area contributed by atoms with Crippen molar-refractivity contribution in [3.8, 4) is 50.1 Å². The highest BCUT2D eigenvalue weighted by atomic mass is 79.9. The quantitative estimate of drug-likeness (QED) is 0.0147. The topological polar surface area (TPSA) is 124 Å². The SMILES string of the molecule is CCCCCCc1ccc(-c2ccc(-c3cc(C(=O)OC)c(-c4ccc(-c5ccc(CCCCCC)s5)s4)cc3COC=O)s2)s1.CCCCCCc1ccc(-c2ccc(B3OC(C)(C)C(C)(C)O3)s2)s1.COC(=O)c1cc(Br)c(COC=O)cc1Br. The maximum atomic E-state index is 13.2. The van der Waals surface area contributed by atoms with Crippen molar-refractivity contribution < 1.29 is 47.4 Å². The number of thiophene rings is 6. The molecule has 0 N–H and O–H groups in total. The van der Waals surface area contributed by atoms with Crippen LogP contribution in [0.1, 0.15) is 172 Å². The van der Waals surface area contributed by atoms with Crippen molar-refractivity contribution in [2.24, 2.45) is 0 Å². The van der Waals surface area contributed by atoms with E-state index in [1.54, 1.807) is 46.1 Å². The summed E-state index contributed by atoms with van der Waals surface area (Å²) in [7, 11) is 2.48. The molecule has 1 aliphatic rings. The summed E-state index contributed by atoms with van der Waals surface area (Å²) in [6, 6.07) is 33.5. The molecular formula is C68H79BBr2O10S6. The molecule has 0 unspecified atom stereocenters. The van der Waals surface area contributed by atoms with Gasteiger partial charge < -0.3 is 28.3 Å². The first-order chi connectivity index (χ1) is 42.0. The van der Waals surface area contributed by atoms with Crippen LogP contribution in [0.15, 0.2) is 106 Å². The molecule has 0 atom stereocenters. The highest BCUT2D eigenvalue weighted by Gasteiger charge is 2.52. The Balaban J connectivity index is 0.000000219. The highest BCUT2D eigenvalue weighted by Crippen LogP contribution is 2.45. The fraction of sp³-hybridized carbons (Fsp3) is 0.412. The fourth-order valence-corrected chi connectivity index (χ4v) is 17.1. The molecule has 87 heavy (non-hydrogen) atoms. The average Bonchev–Trinajstić information content (AvgIpc) is 2.88.